The molecule has 0 aromatic heterocycles. The van der Waals surface area contributed by atoms with Gasteiger partial charge in [-0.3, -0.25) is 0 Å². The van der Waals surface area contributed by atoms with E-state index < -0.39 is 10.0 Å². The molecule has 0 amide bonds. The molecule has 0 aliphatic heterocycles. The zero-order chi connectivity index (χ0) is 12.5. The average Bonchev–Trinajstić information content (AvgIpc) is 2.27. The lowest BCUT2D eigenvalue weighted by molar-refractivity contribution is 0.270. The molecule has 0 saturated heterocycles. The lowest BCUT2D eigenvalue weighted by Crippen LogP contribution is -2.43. The fourth-order valence-corrected chi connectivity index (χ4v) is 3.32. The SMILES string of the molecule is CC1CC(NS(=O)(=O)c2ccc(CO)cc2)C1. The van der Waals surface area contributed by atoms with Crippen LogP contribution < -0.4 is 4.72 Å². The lowest BCUT2D eigenvalue weighted by Gasteiger charge is -2.32. The second kappa shape index (κ2) is 4.76. The molecule has 2 rings (SSSR count). The van der Waals surface area contributed by atoms with Crippen LogP contribution in [0.3, 0.4) is 0 Å². The maximum absolute atomic E-state index is 12.0. The molecule has 0 atom stereocenters. The van der Waals surface area contributed by atoms with Crippen molar-refractivity contribution in [3.05, 3.63) is 29.8 Å². The molecular formula is C12H17NO3S. The van der Waals surface area contributed by atoms with Crippen molar-refractivity contribution < 1.29 is 13.5 Å². The van der Waals surface area contributed by atoms with E-state index in [1.54, 1.807) is 12.1 Å². The van der Waals surface area contributed by atoms with Crippen molar-refractivity contribution in [2.24, 2.45) is 5.92 Å². The summed E-state index contributed by atoms with van der Waals surface area (Å²) in [4.78, 5) is 0.259. The Balaban J connectivity index is 2.08. The minimum atomic E-state index is -3.40. The normalized spacial score (nSPS) is 24.4. The van der Waals surface area contributed by atoms with Crippen LogP contribution in [0.4, 0.5) is 0 Å². The predicted molar refractivity (Wildman–Crippen MR) is 64.9 cm³/mol. The molecule has 0 radical (unpaired) electrons. The highest BCUT2D eigenvalue weighted by Crippen LogP contribution is 2.27. The monoisotopic (exact) mass is 255 g/mol. The Labute approximate surface area is 102 Å². The Morgan fingerprint density at radius 3 is 2.35 bits per heavy atom. The van der Waals surface area contributed by atoms with Crippen molar-refractivity contribution in [2.75, 3.05) is 0 Å². The van der Waals surface area contributed by atoms with E-state index in [9.17, 15) is 8.42 Å². The molecule has 5 heteroatoms. The van der Waals surface area contributed by atoms with E-state index in [1.165, 1.54) is 12.1 Å². The highest BCUT2D eigenvalue weighted by atomic mass is 32.2. The summed E-state index contributed by atoms with van der Waals surface area (Å²) in [5.41, 5.74) is 0.709. The first-order chi connectivity index (χ1) is 8.01. The van der Waals surface area contributed by atoms with Crippen LogP contribution >= 0.6 is 0 Å². The molecule has 0 unspecified atom stereocenters. The maximum Gasteiger partial charge on any atom is 0.240 e. The van der Waals surface area contributed by atoms with E-state index >= 15 is 0 Å². The van der Waals surface area contributed by atoms with Crippen LogP contribution in [-0.2, 0) is 16.6 Å². The summed E-state index contributed by atoms with van der Waals surface area (Å²) in [7, 11) is -3.40. The van der Waals surface area contributed by atoms with E-state index in [2.05, 4.69) is 11.6 Å². The van der Waals surface area contributed by atoms with Crippen molar-refractivity contribution in [2.45, 2.75) is 37.3 Å². The van der Waals surface area contributed by atoms with Gasteiger partial charge in [0.2, 0.25) is 10.0 Å². The van der Waals surface area contributed by atoms with E-state index in [0.717, 1.165) is 12.8 Å². The summed E-state index contributed by atoms with van der Waals surface area (Å²) >= 11 is 0. The molecule has 0 bridgehead atoms. The van der Waals surface area contributed by atoms with Crippen LogP contribution in [0.15, 0.2) is 29.2 Å². The highest BCUT2D eigenvalue weighted by molar-refractivity contribution is 7.89. The second-order valence-electron chi connectivity index (χ2n) is 4.70. The van der Waals surface area contributed by atoms with Crippen LogP contribution in [0.2, 0.25) is 0 Å². The number of aliphatic hydroxyl groups is 1. The molecule has 94 valence electrons. The van der Waals surface area contributed by atoms with Crippen LogP contribution in [0.5, 0.6) is 0 Å². The van der Waals surface area contributed by atoms with Crippen LogP contribution in [-0.4, -0.2) is 19.6 Å². The maximum atomic E-state index is 12.0. The quantitative estimate of drug-likeness (QED) is 0.851. The number of hydrogen-bond acceptors (Lipinski definition) is 3. The Bertz CT molecular complexity index is 475. The number of nitrogens with one attached hydrogen (secondary N) is 1. The molecule has 1 fully saturated rings. The molecular weight excluding hydrogens is 238 g/mol. The van der Waals surface area contributed by atoms with Gasteiger partial charge in [0, 0.05) is 6.04 Å². The van der Waals surface area contributed by atoms with Gasteiger partial charge in [0.05, 0.1) is 11.5 Å². The predicted octanol–water partition coefficient (Wildman–Crippen LogP) is 1.26. The van der Waals surface area contributed by atoms with Crippen LogP contribution in [0.25, 0.3) is 0 Å². The average molecular weight is 255 g/mol. The van der Waals surface area contributed by atoms with Gasteiger partial charge in [-0.25, -0.2) is 13.1 Å². The van der Waals surface area contributed by atoms with E-state index in [4.69, 9.17) is 5.11 Å². The number of rotatable bonds is 4. The number of aliphatic hydroxyl groups excluding tert-OH is 1. The first-order valence-electron chi connectivity index (χ1n) is 5.73. The van der Waals surface area contributed by atoms with Crippen molar-refractivity contribution in [3.8, 4) is 0 Å². The van der Waals surface area contributed by atoms with Crippen molar-refractivity contribution in [1.29, 1.82) is 0 Å². The van der Waals surface area contributed by atoms with E-state index in [1.807, 2.05) is 0 Å². The molecule has 1 aromatic rings. The molecule has 2 N–H and O–H groups in total. The number of benzene rings is 1. The van der Waals surface area contributed by atoms with Crippen molar-refractivity contribution in [1.82, 2.24) is 4.72 Å². The molecule has 0 heterocycles. The number of sulfonamides is 1. The third kappa shape index (κ3) is 2.86. The molecule has 0 spiro atoms. The summed E-state index contributed by atoms with van der Waals surface area (Å²) in [5.74, 6) is 0.611. The molecule has 1 aliphatic rings. The van der Waals surface area contributed by atoms with Crippen LogP contribution in [0.1, 0.15) is 25.3 Å². The smallest absolute Gasteiger partial charge is 0.240 e. The van der Waals surface area contributed by atoms with E-state index in [0.29, 0.717) is 11.5 Å². The van der Waals surface area contributed by atoms with E-state index in [-0.39, 0.29) is 17.5 Å². The van der Waals surface area contributed by atoms with Crippen molar-refractivity contribution >= 4 is 10.0 Å². The highest BCUT2D eigenvalue weighted by Gasteiger charge is 2.29. The zero-order valence-electron chi connectivity index (χ0n) is 9.76. The minimum absolute atomic E-state index is 0.0755. The first-order valence-corrected chi connectivity index (χ1v) is 7.21. The van der Waals surface area contributed by atoms with Gasteiger partial charge in [-0.1, -0.05) is 19.1 Å². The molecule has 1 saturated carbocycles. The van der Waals surface area contributed by atoms with Gasteiger partial charge in [0.15, 0.2) is 0 Å². The van der Waals surface area contributed by atoms with Gasteiger partial charge >= 0.3 is 0 Å². The van der Waals surface area contributed by atoms with Gasteiger partial charge in [-0.05, 0) is 36.5 Å². The largest absolute Gasteiger partial charge is 0.392 e. The van der Waals surface area contributed by atoms with Gasteiger partial charge in [-0.2, -0.15) is 0 Å². The second-order valence-corrected chi connectivity index (χ2v) is 6.41. The fourth-order valence-electron chi connectivity index (χ4n) is 2.06. The third-order valence-electron chi connectivity index (χ3n) is 3.11. The first kappa shape index (κ1) is 12.5. The molecule has 4 nitrogen and oxygen atoms in total. The molecule has 1 aliphatic carbocycles. The Morgan fingerprint density at radius 2 is 1.88 bits per heavy atom. The summed E-state index contributed by atoms with van der Waals surface area (Å²) < 4.78 is 26.6. The van der Waals surface area contributed by atoms with Crippen molar-refractivity contribution in [3.63, 3.8) is 0 Å². The number of hydrogen-bond donors (Lipinski definition) is 2. The Kier molecular flexibility index (Phi) is 3.51. The topological polar surface area (TPSA) is 66.4 Å². The summed E-state index contributed by atoms with van der Waals surface area (Å²) in [6, 6.07) is 6.37. The fraction of sp³-hybridized carbons (Fsp3) is 0.500. The Hall–Kier alpha value is -0.910. The molecule has 17 heavy (non-hydrogen) atoms. The summed E-state index contributed by atoms with van der Waals surface area (Å²) in [5, 5.41) is 8.89. The standard InChI is InChI=1S/C12H17NO3S/c1-9-6-11(7-9)13-17(15,16)12-4-2-10(8-14)3-5-12/h2-5,9,11,13-14H,6-8H2,1H3. The van der Waals surface area contributed by atoms with Crippen LogP contribution in [0, 0.1) is 5.92 Å². The third-order valence-corrected chi connectivity index (χ3v) is 4.65. The zero-order valence-corrected chi connectivity index (χ0v) is 10.6. The van der Waals surface area contributed by atoms with Gasteiger partial charge in [0.1, 0.15) is 0 Å². The minimum Gasteiger partial charge on any atom is -0.392 e. The summed E-state index contributed by atoms with van der Waals surface area (Å²) in [6.45, 7) is 2.04. The van der Waals surface area contributed by atoms with Gasteiger partial charge in [-0.15, -0.1) is 0 Å². The van der Waals surface area contributed by atoms with Gasteiger partial charge in [0.25, 0.3) is 0 Å². The van der Waals surface area contributed by atoms with Gasteiger partial charge < -0.3 is 5.11 Å². The Morgan fingerprint density at radius 1 is 1.29 bits per heavy atom. The summed E-state index contributed by atoms with van der Waals surface area (Å²) in [6.07, 6.45) is 1.82. The lowest BCUT2D eigenvalue weighted by atomic mass is 9.83. The molecule has 1 aromatic carbocycles.